The van der Waals surface area contributed by atoms with Gasteiger partial charge in [0.15, 0.2) is 5.82 Å². The van der Waals surface area contributed by atoms with Crippen LogP contribution in [0.3, 0.4) is 0 Å². The number of halogens is 4. The van der Waals surface area contributed by atoms with Crippen LogP contribution in [0.25, 0.3) is 11.3 Å². The van der Waals surface area contributed by atoms with Gasteiger partial charge in [0.25, 0.3) is 12.3 Å². The van der Waals surface area contributed by atoms with Crippen molar-refractivity contribution in [1.82, 2.24) is 20.2 Å². The molecule has 0 unspecified atom stereocenters. The fourth-order valence-electron chi connectivity index (χ4n) is 2.30. The smallest absolute Gasteiger partial charge is 0.276 e. The van der Waals surface area contributed by atoms with E-state index in [0.29, 0.717) is 5.69 Å². The highest BCUT2D eigenvalue weighted by atomic mass is 35.5. The lowest BCUT2D eigenvalue weighted by molar-refractivity contribution is 0.102. The number of amides is 1. The van der Waals surface area contributed by atoms with Gasteiger partial charge >= 0.3 is 0 Å². The zero-order valence-electron chi connectivity index (χ0n) is 13.2. The van der Waals surface area contributed by atoms with Crippen LogP contribution in [0.1, 0.15) is 28.2 Å². The first-order valence-corrected chi connectivity index (χ1v) is 7.66. The van der Waals surface area contributed by atoms with Gasteiger partial charge in [0.05, 0.1) is 34.5 Å². The van der Waals surface area contributed by atoms with Crippen LogP contribution in [0.2, 0.25) is 5.02 Å². The van der Waals surface area contributed by atoms with E-state index in [0.717, 1.165) is 18.3 Å². The van der Waals surface area contributed by atoms with E-state index in [1.54, 1.807) is 0 Å². The Kier molecular flexibility index (Phi) is 4.90. The van der Waals surface area contributed by atoms with Gasteiger partial charge in [-0.25, -0.2) is 18.2 Å². The lowest BCUT2D eigenvalue weighted by atomic mass is 10.0. The van der Waals surface area contributed by atoms with Crippen molar-refractivity contribution in [2.75, 3.05) is 5.32 Å². The molecule has 2 heterocycles. The molecule has 2 aromatic heterocycles. The maximum Gasteiger partial charge on any atom is 0.276 e. The molecule has 0 aliphatic rings. The predicted octanol–water partition coefficient (Wildman–Crippen LogP) is 4.16. The average molecular weight is 382 g/mol. The number of H-pyrrole nitrogens is 1. The number of nitrogens with one attached hydrogen (secondary N) is 2. The van der Waals surface area contributed by atoms with Gasteiger partial charge in [0.2, 0.25) is 0 Å². The minimum Gasteiger partial charge on any atom is -0.318 e. The molecule has 3 rings (SSSR count). The summed E-state index contributed by atoms with van der Waals surface area (Å²) >= 11 is 5.71. The zero-order chi connectivity index (χ0) is 18.8. The molecular weight excluding hydrogens is 371 g/mol. The standard InChI is InChI=1S/C16H11ClF3N5O/c1-7-14(16(26)24-8-4-22-23-5-8)25-11(6-21-7)12-9(15(19)20)2-3-10(17)13(12)18/h2-6,15H,1H3,(H,22,23)(H,24,26). The van der Waals surface area contributed by atoms with Gasteiger partial charge in [0.1, 0.15) is 5.69 Å². The molecule has 3 aromatic rings. The van der Waals surface area contributed by atoms with Crippen LogP contribution in [0.15, 0.2) is 30.7 Å². The number of carbonyl (C=O) groups excluding carboxylic acids is 1. The van der Waals surface area contributed by atoms with Crippen LogP contribution in [0, 0.1) is 12.7 Å². The molecule has 0 bridgehead atoms. The molecule has 26 heavy (non-hydrogen) atoms. The van der Waals surface area contributed by atoms with E-state index in [1.165, 1.54) is 19.3 Å². The number of nitrogens with zero attached hydrogens (tertiary/aromatic N) is 3. The van der Waals surface area contributed by atoms with Crippen molar-refractivity contribution >= 4 is 23.2 Å². The van der Waals surface area contributed by atoms with Crippen molar-refractivity contribution in [3.05, 3.63) is 58.5 Å². The molecule has 10 heteroatoms. The second kappa shape index (κ2) is 7.12. The van der Waals surface area contributed by atoms with Crippen molar-refractivity contribution in [2.45, 2.75) is 13.3 Å². The first kappa shape index (κ1) is 17.9. The third kappa shape index (κ3) is 3.38. The lowest BCUT2D eigenvalue weighted by Gasteiger charge is -2.12. The number of benzene rings is 1. The van der Waals surface area contributed by atoms with Crippen molar-refractivity contribution in [3.63, 3.8) is 0 Å². The number of aryl methyl sites for hydroxylation is 1. The fraction of sp³-hybridized carbons (Fsp3) is 0.125. The molecule has 0 atom stereocenters. The molecule has 0 fully saturated rings. The number of anilines is 1. The van der Waals surface area contributed by atoms with Crippen molar-refractivity contribution in [3.8, 4) is 11.3 Å². The molecule has 0 aliphatic heterocycles. The minimum atomic E-state index is -2.96. The monoisotopic (exact) mass is 381 g/mol. The molecule has 0 saturated heterocycles. The average Bonchev–Trinajstić information content (AvgIpc) is 3.10. The topological polar surface area (TPSA) is 83.6 Å². The molecule has 0 spiro atoms. The van der Waals surface area contributed by atoms with Crippen molar-refractivity contribution in [2.24, 2.45) is 0 Å². The summed E-state index contributed by atoms with van der Waals surface area (Å²) in [4.78, 5) is 20.4. The molecule has 6 nitrogen and oxygen atoms in total. The van der Waals surface area contributed by atoms with Crippen LogP contribution < -0.4 is 5.32 Å². The number of aromatic nitrogens is 4. The largest absolute Gasteiger partial charge is 0.318 e. The van der Waals surface area contributed by atoms with Gasteiger partial charge < -0.3 is 5.32 Å². The number of hydrogen-bond acceptors (Lipinski definition) is 4. The van der Waals surface area contributed by atoms with Crippen LogP contribution in [0.5, 0.6) is 0 Å². The number of rotatable bonds is 4. The summed E-state index contributed by atoms with van der Waals surface area (Å²) in [5, 5.41) is 8.39. The SMILES string of the molecule is Cc1ncc(-c2c(C(F)F)ccc(Cl)c2F)nc1C(=O)Nc1cn[nH]c1. The van der Waals surface area contributed by atoms with Crippen LogP contribution in [0.4, 0.5) is 18.9 Å². The molecule has 1 amide bonds. The number of alkyl halides is 2. The third-order valence-corrected chi connectivity index (χ3v) is 3.84. The molecule has 0 aliphatic carbocycles. The Bertz CT molecular complexity index is 963. The van der Waals surface area contributed by atoms with Gasteiger partial charge in [-0.1, -0.05) is 17.7 Å². The van der Waals surface area contributed by atoms with Crippen molar-refractivity contribution < 1.29 is 18.0 Å². The molecule has 134 valence electrons. The Morgan fingerprint density at radius 2 is 2.08 bits per heavy atom. The Morgan fingerprint density at radius 1 is 1.31 bits per heavy atom. The normalized spacial score (nSPS) is 11.0. The lowest BCUT2D eigenvalue weighted by Crippen LogP contribution is -2.16. The summed E-state index contributed by atoms with van der Waals surface area (Å²) in [7, 11) is 0. The minimum absolute atomic E-state index is 0.136. The van der Waals surface area contributed by atoms with Crippen molar-refractivity contribution in [1.29, 1.82) is 0 Å². The van der Waals surface area contributed by atoms with Crippen LogP contribution >= 0.6 is 11.6 Å². The van der Waals surface area contributed by atoms with E-state index < -0.39 is 29.3 Å². The third-order valence-electron chi connectivity index (χ3n) is 3.54. The van der Waals surface area contributed by atoms with E-state index in [2.05, 4.69) is 25.5 Å². The molecule has 0 radical (unpaired) electrons. The second-order valence-electron chi connectivity index (χ2n) is 5.26. The van der Waals surface area contributed by atoms with E-state index in [4.69, 9.17) is 11.6 Å². The van der Waals surface area contributed by atoms with Gasteiger partial charge in [-0.05, 0) is 13.0 Å². The first-order chi connectivity index (χ1) is 12.4. The van der Waals surface area contributed by atoms with E-state index >= 15 is 0 Å². The molecular formula is C16H11ClF3N5O. The van der Waals surface area contributed by atoms with Gasteiger partial charge in [-0.2, -0.15) is 5.10 Å². The number of hydrogen-bond donors (Lipinski definition) is 2. The Morgan fingerprint density at radius 3 is 2.73 bits per heavy atom. The second-order valence-corrected chi connectivity index (χ2v) is 5.66. The Labute approximate surface area is 150 Å². The van der Waals surface area contributed by atoms with Gasteiger partial charge in [0, 0.05) is 17.3 Å². The van der Waals surface area contributed by atoms with E-state index in [9.17, 15) is 18.0 Å². The number of carbonyl (C=O) groups is 1. The summed E-state index contributed by atoms with van der Waals surface area (Å²) in [6.45, 7) is 1.52. The first-order valence-electron chi connectivity index (χ1n) is 7.28. The van der Waals surface area contributed by atoms with Crippen LogP contribution in [-0.4, -0.2) is 26.1 Å². The molecule has 0 saturated carbocycles. The molecule has 1 aromatic carbocycles. The maximum absolute atomic E-state index is 14.4. The maximum atomic E-state index is 14.4. The summed E-state index contributed by atoms with van der Waals surface area (Å²) in [6, 6.07) is 2.05. The summed E-state index contributed by atoms with van der Waals surface area (Å²) in [5.41, 5.74) is -0.810. The Balaban J connectivity index is 2.08. The highest BCUT2D eigenvalue weighted by Gasteiger charge is 2.23. The molecule has 2 N–H and O–H groups in total. The number of aromatic amines is 1. The quantitative estimate of drug-likeness (QED) is 0.710. The predicted molar refractivity (Wildman–Crippen MR) is 88.7 cm³/mol. The summed E-state index contributed by atoms with van der Waals surface area (Å²) in [6.07, 6.45) is 0.972. The van der Waals surface area contributed by atoms with Gasteiger partial charge in [-0.3, -0.25) is 14.9 Å². The van der Waals surface area contributed by atoms with Crippen LogP contribution in [-0.2, 0) is 0 Å². The van der Waals surface area contributed by atoms with E-state index in [1.807, 2.05) is 0 Å². The highest BCUT2D eigenvalue weighted by Crippen LogP contribution is 2.35. The summed E-state index contributed by atoms with van der Waals surface area (Å²) in [5.74, 6) is -1.69. The highest BCUT2D eigenvalue weighted by molar-refractivity contribution is 6.31. The summed E-state index contributed by atoms with van der Waals surface area (Å²) < 4.78 is 40.9. The zero-order valence-corrected chi connectivity index (χ0v) is 14.0. The van der Waals surface area contributed by atoms with Gasteiger partial charge in [-0.15, -0.1) is 0 Å². The fourth-order valence-corrected chi connectivity index (χ4v) is 2.46. The Hall–Kier alpha value is -2.94. The van der Waals surface area contributed by atoms with E-state index in [-0.39, 0.29) is 22.1 Å².